The molecule has 1 amide bonds. The number of amides is 1. The van der Waals surface area contributed by atoms with Gasteiger partial charge in [-0.05, 0) is 90.0 Å². The minimum atomic E-state index is -0.380. The van der Waals surface area contributed by atoms with Crippen LogP contribution in [0.15, 0.2) is 60.7 Å². The zero-order valence-electron chi connectivity index (χ0n) is 18.2. The average Bonchev–Trinajstić information content (AvgIpc) is 2.79. The van der Waals surface area contributed by atoms with Crippen molar-refractivity contribution >= 4 is 45.8 Å². The van der Waals surface area contributed by atoms with Crippen molar-refractivity contribution in [2.45, 2.75) is 13.8 Å². The van der Waals surface area contributed by atoms with E-state index in [4.69, 9.17) is 9.47 Å². The number of nitrogens with one attached hydrogen (secondary N) is 1. The number of carbonyl (C=O) groups is 1. The second-order valence-corrected chi connectivity index (χ2v) is 8.30. The van der Waals surface area contributed by atoms with Crippen molar-refractivity contribution in [2.75, 3.05) is 18.5 Å². The normalized spacial score (nSPS) is 10.9. The van der Waals surface area contributed by atoms with Gasteiger partial charge >= 0.3 is 0 Å². The molecule has 0 radical (unpaired) electrons. The first-order valence-corrected chi connectivity index (χ1v) is 11.3. The van der Waals surface area contributed by atoms with Gasteiger partial charge in [0.25, 0.3) is 5.91 Å². The lowest BCUT2D eigenvalue weighted by Gasteiger charge is -2.15. The summed E-state index contributed by atoms with van der Waals surface area (Å²) in [7, 11) is 0. The lowest BCUT2D eigenvalue weighted by Crippen LogP contribution is -2.20. The molecule has 3 aromatic carbocycles. The molecular weight excluding hydrogens is 534 g/mol. The van der Waals surface area contributed by atoms with Gasteiger partial charge in [0.1, 0.15) is 5.82 Å². The largest absolute Gasteiger partial charge is 0.490 e. The molecule has 0 saturated carbocycles. The molecule has 0 saturated heterocycles. The van der Waals surface area contributed by atoms with Crippen molar-refractivity contribution in [1.82, 2.24) is 0 Å². The van der Waals surface area contributed by atoms with Gasteiger partial charge in [0.15, 0.2) is 18.1 Å². The van der Waals surface area contributed by atoms with Gasteiger partial charge in [-0.25, -0.2) is 4.39 Å². The number of benzene rings is 3. The summed E-state index contributed by atoms with van der Waals surface area (Å²) in [5.41, 5.74) is 3.73. The molecule has 0 heterocycles. The molecule has 0 aliphatic rings. The molecular formula is C26H22FIN2O3. The summed E-state index contributed by atoms with van der Waals surface area (Å²) in [6, 6.07) is 19.1. The van der Waals surface area contributed by atoms with Crippen molar-refractivity contribution in [2.24, 2.45) is 0 Å². The number of hydrogen-bond donors (Lipinski definition) is 1. The first-order chi connectivity index (χ1) is 15.9. The quantitative estimate of drug-likeness (QED) is 0.203. The number of nitriles is 1. The Bertz CT molecular complexity index is 1200. The maximum Gasteiger partial charge on any atom is 0.262 e. The van der Waals surface area contributed by atoms with Crippen LogP contribution in [0.1, 0.15) is 23.6 Å². The highest BCUT2D eigenvalue weighted by Crippen LogP contribution is 2.35. The van der Waals surface area contributed by atoms with E-state index in [1.54, 1.807) is 12.1 Å². The Balaban J connectivity index is 1.80. The fraction of sp³-hybridized carbons (Fsp3) is 0.154. The Kier molecular flexibility index (Phi) is 8.44. The van der Waals surface area contributed by atoms with Crippen LogP contribution in [0, 0.1) is 27.6 Å². The van der Waals surface area contributed by atoms with E-state index < -0.39 is 0 Å². The third kappa shape index (κ3) is 6.80. The summed E-state index contributed by atoms with van der Waals surface area (Å²) < 4.78 is 25.3. The molecule has 1 N–H and O–H groups in total. The van der Waals surface area contributed by atoms with Gasteiger partial charge in [0.05, 0.1) is 21.8 Å². The summed E-state index contributed by atoms with van der Waals surface area (Å²) in [4.78, 5) is 12.3. The number of aryl methyl sites for hydroxylation is 1. The van der Waals surface area contributed by atoms with Gasteiger partial charge in [0, 0.05) is 5.69 Å². The summed E-state index contributed by atoms with van der Waals surface area (Å²) in [5, 5.41) is 12.3. The number of carbonyl (C=O) groups excluding carboxylic acids is 1. The first-order valence-electron chi connectivity index (χ1n) is 10.2. The maximum absolute atomic E-state index is 13.0. The van der Waals surface area contributed by atoms with Crippen LogP contribution in [0.25, 0.3) is 11.6 Å². The highest BCUT2D eigenvalue weighted by atomic mass is 127. The lowest BCUT2D eigenvalue weighted by molar-refractivity contribution is -0.118. The minimum Gasteiger partial charge on any atom is -0.490 e. The van der Waals surface area contributed by atoms with E-state index in [0.717, 1.165) is 20.3 Å². The van der Waals surface area contributed by atoms with E-state index >= 15 is 0 Å². The molecule has 0 spiro atoms. The van der Waals surface area contributed by atoms with Crippen molar-refractivity contribution in [3.05, 3.63) is 86.7 Å². The van der Waals surface area contributed by atoms with Crippen LogP contribution in [0.3, 0.4) is 0 Å². The van der Waals surface area contributed by atoms with E-state index in [1.807, 2.05) is 44.2 Å². The Morgan fingerprint density at radius 3 is 2.45 bits per heavy atom. The molecule has 0 bridgehead atoms. The van der Waals surface area contributed by atoms with Crippen molar-refractivity contribution in [3.8, 4) is 17.6 Å². The predicted octanol–water partition coefficient (Wildman–Crippen LogP) is 6.22. The van der Waals surface area contributed by atoms with Crippen LogP contribution in [-0.4, -0.2) is 19.1 Å². The number of anilines is 1. The zero-order chi connectivity index (χ0) is 23.8. The van der Waals surface area contributed by atoms with Crippen LogP contribution in [0.2, 0.25) is 0 Å². The summed E-state index contributed by atoms with van der Waals surface area (Å²) >= 11 is 2.11. The number of ether oxygens (including phenoxy) is 2. The first kappa shape index (κ1) is 24.3. The van der Waals surface area contributed by atoms with E-state index in [-0.39, 0.29) is 18.3 Å². The average molecular weight is 556 g/mol. The SMILES string of the molecule is CCOc1cc(/C=C(/C#N)c2ccc(C)cc2)cc(I)c1OCC(=O)Nc1ccc(F)cc1. The van der Waals surface area contributed by atoms with Gasteiger partial charge in [-0.1, -0.05) is 29.8 Å². The molecule has 0 aromatic heterocycles. The summed E-state index contributed by atoms with van der Waals surface area (Å²) in [6.45, 7) is 4.02. The topological polar surface area (TPSA) is 71.3 Å². The van der Waals surface area contributed by atoms with Crippen LogP contribution in [0.4, 0.5) is 10.1 Å². The van der Waals surface area contributed by atoms with Crippen LogP contribution >= 0.6 is 22.6 Å². The highest BCUT2D eigenvalue weighted by Gasteiger charge is 2.14. The fourth-order valence-electron chi connectivity index (χ4n) is 3.02. The van der Waals surface area contributed by atoms with E-state index in [0.29, 0.717) is 29.4 Å². The third-order valence-corrected chi connectivity index (χ3v) is 5.40. The number of hydrogen-bond acceptors (Lipinski definition) is 4. The lowest BCUT2D eigenvalue weighted by atomic mass is 10.0. The van der Waals surface area contributed by atoms with Gasteiger partial charge in [-0.3, -0.25) is 4.79 Å². The third-order valence-electron chi connectivity index (χ3n) is 4.60. The number of nitrogens with zero attached hydrogens (tertiary/aromatic N) is 1. The second-order valence-electron chi connectivity index (χ2n) is 7.14. The minimum absolute atomic E-state index is 0.241. The summed E-state index contributed by atoms with van der Waals surface area (Å²) in [6.07, 6.45) is 1.79. The Morgan fingerprint density at radius 2 is 1.82 bits per heavy atom. The molecule has 3 rings (SSSR count). The molecule has 7 heteroatoms. The Morgan fingerprint density at radius 1 is 1.12 bits per heavy atom. The van der Waals surface area contributed by atoms with Crippen LogP contribution in [-0.2, 0) is 4.79 Å². The molecule has 33 heavy (non-hydrogen) atoms. The van der Waals surface area contributed by atoms with Crippen LogP contribution < -0.4 is 14.8 Å². The van der Waals surface area contributed by atoms with Crippen LogP contribution in [0.5, 0.6) is 11.5 Å². The smallest absolute Gasteiger partial charge is 0.262 e. The molecule has 0 aliphatic carbocycles. The van der Waals surface area contributed by atoms with Gasteiger partial charge < -0.3 is 14.8 Å². The van der Waals surface area contributed by atoms with Crippen molar-refractivity contribution < 1.29 is 18.7 Å². The van der Waals surface area contributed by atoms with Crippen molar-refractivity contribution in [3.63, 3.8) is 0 Å². The highest BCUT2D eigenvalue weighted by molar-refractivity contribution is 14.1. The maximum atomic E-state index is 13.0. The molecule has 168 valence electrons. The number of allylic oxidation sites excluding steroid dienone is 1. The molecule has 0 aliphatic heterocycles. The molecule has 0 fully saturated rings. The number of halogens is 2. The standard InChI is InChI=1S/C26H22FIN2O3/c1-3-32-24-14-18(12-20(15-29)19-6-4-17(2)5-7-19)13-23(28)26(24)33-16-25(31)30-22-10-8-21(27)9-11-22/h4-14H,3,16H2,1-2H3,(H,30,31)/b20-12-. The second kappa shape index (κ2) is 11.5. The Hall–Kier alpha value is -3.38. The van der Waals surface area contributed by atoms with Gasteiger partial charge in [-0.2, -0.15) is 5.26 Å². The van der Waals surface area contributed by atoms with E-state index in [1.165, 1.54) is 24.3 Å². The van der Waals surface area contributed by atoms with Gasteiger partial charge in [0.2, 0.25) is 0 Å². The van der Waals surface area contributed by atoms with Crippen molar-refractivity contribution in [1.29, 1.82) is 5.26 Å². The number of rotatable bonds is 8. The van der Waals surface area contributed by atoms with E-state index in [2.05, 4.69) is 34.0 Å². The van der Waals surface area contributed by atoms with Gasteiger partial charge in [-0.15, -0.1) is 0 Å². The molecule has 0 unspecified atom stereocenters. The summed E-state index contributed by atoms with van der Waals surface area (Å²) in [5.74, 6) is 0.162. The zero-order valence-corrected chi connectivity index (χ0v) is 20.4. The fourth-order valence-corrected chi connectivity index (χ4v) is 3.80. The Labute approximate surface area is 206 Å². The molecule has 3 aromatic rings. The molecule has 0 atom stereocenters. The molecule has 5 nitrogen and oxygen atoms in total. The monoisotopic (exact) mass is 556 g/mol. The predicted molar refractivity (Wildman–Crippen MR) is 136 cm³/mol. The van der Waals surface area contributed by atoms with E-state index in [9.17, 15) is 14.4 Å².